The Morgan fingerprint density at radius 2 is 1.74 bits per heavy atom. The van der Waals surface area contributed by atoms with Crippen LogP contribution in [-0.4, -0.2) is 14.8 Å². The highest BCUT2D eigenvalue weighted by atomic mass is 35.5. The van der Waals surface area contributed by atoms with Gasteiger partial charge < -0.3 is 5.32 Å². The highest BCUT2D eigenvalue weighted by Crippen LogP contribution is 2.29. The zero-order chi connectivity index (χ0) is 15.6. The monoisotopic (exact) mass is 320 g/mol. The lowest BCUT2D eigenvalue weighted by Crippen LogP contribution is -2.02. The fourth-order valence-corrected chi connectivity index (χ4v) is 2.62. The van der Waals surface area contributed by atoms with Crippen molar-refractivity contribution >= 4 is 34.0 Å². The Balaban J connectivity index is 1.89. The van der Waals surface area contributed by atoms with E-state index in [1.54, 1.807) is 12.4 Å². The smallest absolute Gasteiger partial charge is 0.142 e. The van der Waals surface area contributed by atoms with Gasteiger partial charge in [-0.3, -0.25) is 4.98 Å². The predicted molar refractivity (Wildman–Crippen MR) is 93.6 cm³/mol. The summed E-state index contributed by atoms with van der Waals surface area (Å²) in [6.07, 6.45) is 3.54. The Labute approximate surface area is 138 Å². The van der Waals surface area contributed by atoms with Crippen molar-refractivity contribution in [1.82, 2.24) is 14.8 Å². The van der Waals surface area contributed by atoms with E-state index in [-0.39, 0.29) is 0 Å². The van der Waals surface area contributed by atoms with Crippen LogP contribution in [0, 0.1) is 0 Å². The minimum Gasteiger partial charge on any atom is -0.338 e. The number of nitrogens with one attached hydrogen (secondary N) is 1. The van der Waals surface area contributed by atoms with Crippen molar-refractivity contribution in [3.05, 3.63) is 78.1 Å². The molecule has 0 atom stereocenters. The lowest BCUT2D eigenvalue weighted by atomic mass is 10.2. The van der Waals surface area contributed by atoms with Gasteiger partial charge in [0.05, 0.1) is 23.1 Å². The van der Waals surface area contributed by atoms with Crippen LogP contribution in [0.25, 0.3) is 16.6 Å². The zero-order valence-electron chi connectivity index (χ0n) is 12.1. The van der Waals surface area contributed by atoms with Crippen LogP contribution in [0.1, 0.15) is 0 Å². The first-order valence-electron chi connectivity index (χ1n) is 7.22. The van der Waals surface area contributed by atoms with Crippen molar-refractivity contribution in [3.8, 4) is 5.69 Å². The summed E-state index contributed by atoms with van der Waals surface area (Å²) in [6, 6.07) is 19.5. The molecule has 0 radical (unpaired) electrons. The number of rotatable bonds is 3. The second kappa shape index (κ2) is 5.74. The molecule has 0 unspecified atom stereocenters. The van der Waals surface area contributed by atoms with Gasteiger partial charge >= 0.3 is 0 Å². The largest absolute Gasteiger partial charge is 0.338 e. The van der Waals surface area contributed by atoms with Gasteiger partial charge in [0.1, 0.15) is 5.82 Å². The van der Waals surface area contributed by atoms with Gasteiger partial charge in [-0.15, -0.1) is 0 Å². The minimum atomic E-state index is 0.701. The maximum Gasteiger partial charge on any atom is 0.142 e. The Bertz CT molecular complexity index is 946. The number of pyridine rings is 1. The van der Waals surface area contributed by atoms with Crippen molar-refractivity contribution in [1.29, 1.82) is 0 Å². The first-order valence-corrected chi connectivity index (χ1v) is 7.60. The Morgan fingerprint density at radius 1 is 0.913 bits per heavy atom. The van der Waals surface area contributed by atoms with Crippen molar-refractivity contribution < 1.29 is 0 Å². The highest BCUT2D eigenvalue weighted by Gasteiger charge is 2.12. The normalized spacial score (nSPS) is 10.8. The van der Waals surface area contributed by atoms with Crippen LogP contribution < -0.4 is 5.32 Å². The molecule has 4 aromatic rings. The predicted octanol–water partition coefficient (Wildman–Crippen LogP) is 4.82. The number of hydrogen-bond acceptors (Lipinski definition) is 3. The van der Waals surface area contributed by atoms with E-state index < -0.39 is 0 Å². The summed E-state index contributed by atoms with van der Waals surface area (Å²) in [7, 11) is 0. The van der Waals surface area contributed by atoms with Gasteiger partial charge in [-0.05, 0) is 48.5 Å². The topological polar surface area (TPSA) is 42.7 Å². The molecule has 0 aliphatic carbocycles. The van der Waals surface area contributed by atoms with Gasteiger partial charge in [0.2, 0.25) is 0 Å². The number of halogens is 1. The van der Waals surface area contributed by atoms with E-state index in [1.165, 1.54) is 0 Å². The second-order valence-corrected chi connectivity index (χ2v) is 5.56. The molecule has 0 aliphatic heterocycles. The van der Waals surface area contributed by atoms with Gasteiger partial charge in [-0.25, -0.2) is 4.68 Å². The Morgan fingerprint density at radius 3 is 2.52 bits per heavy atom. The summed E-state index contributed by atoms with van der Waals surface area (Å²) in [5.41, 5.74) is 2.78. The molecule has 0 saturated carbocycles. The average molecular weight is 321 g/mol. The SMILES string of the molecule is Clc1ccc(-n2nc3ccccc3c2Nc2cccnc2)cc1. The number of fused-ring (bicyclic) bond motifs is 1. The van der Waals surface area contributed by atoms with Crippen molar-refractivity contribution in [2.24, 2.45) is 0 Å². The molecule has 2 heterocycles. The quantitative estimate of drug-likeness (QED) is 0.588. The lowest BCUT2D eigenvalue weighted by Gasteiger charge is -2.10. The third-order valence-electron chi connectivity index (χ3n) is 3.57. The van der Waals surface area contributed by atoms with Gasteiger partial charge in [0.15, 0.2) is 0 Å². The van der Waals surface area contributed by atoms with E-state index in [0.29, 0.717) is 5.02 Å². The highest BCUT2D eigenvalue weighted by molar-refractivity contribution is 6.30. The van der Waals surface area contributed by atoms with E-state index in [0.717, 1.165) is 28.1 Å². The van der Waals surface area contributed by atoms with E-state index in [2.05, 4.69) is 10.3 Å². The van der Waals surface area contributed by atoms with Crippen LogP contribution in [0.4, 0.5) is 11.5 Å². The number of aromatic nitrogens is 3. The van der Waals surface area contributed by atoms with Crippen LogP contribution >= 0.6 is 11.6 Å². The maximum atomic E-state index is 5.99. The third kappa shape index (κ3) is 2.64. The zero-order valence-corrected chi connectivity index (χ0v) is 12.9. The Kier molecular flexibility index (Phi) is 3.44. The fraction of sp³-hybridized carbons (Fsp3) is 0. The fourth-order valence-electron chi connectivity index (χ4n) is 2.50. The molecule has 0 fully saturated rings. The number of benzene rings is 2. The summed E-state index contributed by atoms with van der Waals surface area (Å²) >= 11 is 5.99. The molecule has 1 N–H and O–H groups in total. The average Bonchev–Trinajstić information content (AvgIpc) is 2.95. The van der Waals surface area contributed by atoms with E-state index in [1.807, 2.05) is 65.3 Å². The summed E-state index contributed by atoms with van der Waals surface area (Å²) in [4.78, 5) is 4.15. The molecule has 0 saturated heterocycles. The maximum absolute atomic E-state index is 5.99. The van der Waals surface area contributed by atoms with Crippen LogP contribution in [0.5, 0.6) is 0 Å². The van der Waals surface area contributed by atoms with Crippen LogP contribution in [0.2, 0.25) is 5.02 Å². The number of hydrogen-bond donors (Lipinski definition) is 1. The standard InChI is InChI=1S/C18H13ClN4/c19-13-7-9-15(10-8-13)23-18(21-14-4-3-11-20-12-14)16-5-1-2-6-17(16)22-23/h1-12,21H. The summed E-state index contributed by atoms with van der Waals surface area (Å²) < 4.78 is 1.88. The van der Waals surface area contributed by atoms with Gasteiger partial charge in [0, 0.05) is 16.6 Å². The van der Waals surface area contributed by atoms with Gasteiger partial charge in [-0.2, -0.15) is 5.10 Å². The van der Waals surface area contributed by atoms with Crippen LogP contribution in [-0.2, 0) is 0 Å². The molecule has 0 spiro atoms. The molecule has 4 rings (SSSR count). The minimum absolute atomic E-state index is 0.701. The first-order chi connectivity index (χ1) is 11.3. The molecule has 4 nitrogen and oxygen atoms in total. The third-order valence-corrected chi connectivity index (χ3v) is 3.83. The van der Waals surface area contributed by atoms with E-state index >= 15 is 0 Å². The molecule has 0 aliphatic rings. The lowest BCUT2D eigenvalue weighted by molar-refractivity contribution is 0.904. The number of anilines is 2. The molecule has 0 bridgehead atoms. The first kappa shape index (κ1) is 13.8. The Hall–Kier alpha value is -2.85. The molecule has 2 aromatic carbocycles. The molecular formula is C18H13ClN4. The van der Waals surface area contributed by atoms with Crippen LogP contribution in [0.15, 0.2) is 73.1 Å². The second-order valence-electron chi connectivity index (χ2n) is 5.12. The van der Waals surface area contributed by atoms with Gasteiger partial charge in [0.25, 0.3) is 0 Å². The molecule has 0 amide bonds. The molecular weight excluding hydrogens is 308 g/mol. The van der Waals surface area contributed by atoms with Crippen molar-refractivity contribution in [2.45, 2.75) is 0 Å². The van der Waals surface area contributed by atoms with E-state index in [4.69, 9.17) is 16.7 Å². The summed E-state index contributed by atoms with van der Waals surface area (Å²) in [5.74, 6) is 0.899. The summed E-state index contributed by atoms with van der Waals surface area (Å²) in [6.45, 7) is 0. The summed E-state index contributed by atoms with van der Waals surface area (Å²) in [5, 5.41) is 9.86. The number of nitrogens with zero attached hydrogens (tertiary/aromatic N) is 3. The molecule has 23 heavy (non-hydrogen) atoms. The van der Waals surface area contributed by atoms with Crippen molar-refractivity contribution in [3.63, 3.8) is 0 Å². The molecule has 5 heteroatoms. The van der Waals surface area contributed by atoms with Crippen LogP contribution in [0.3, 0.4) is 0 Å². The van der Waals surface area contributed by atoms with Crippen molar-refractivity contribution in [2.75, 3.05) is 5.32 Å². The molecule has 112 valence electrons. The molecule has 2 aromatic heterocycles. The van der Waals surface area contributed by atoms with E-state index in [9.17, 15) is 0 Å². The van der Waals surface area contributed by atoms with Gasteiger partial charge in [-0.1, -0.05) is 23.7 Å².